The van der Waals surface area contributed by atoms with Gasteiger partial charge >= 0.3 is 0 Å². The van der Waals surface area contributed by atoms with E-state index in [1.165, 1.54) is 12.8 Å². The van der Waals surface area contributed by atoms with Gasteiger partial charge in [0.1, 0.15) is 6.10 Å². The maximum absolute atomic E-state index is 5.71. The second-order valence-electron chi connectivity index (χ2n) is 5.12. The molecule has 102 valence electrons. The van der Waals surface area contributed by atoms with Crippen LogP contribution in [0.5, 0.6) is 0 Å². The molecule has 2 rings (SSSR count). The van der Waals surface area contributed by atoms with E-state index in [4.69, 9.17) is 9.26 Å². The van der Waals surface area contributed by atoms with Crippen molar-refractivity contribution in [1.29, 1.82) is 0 Å². The second kappa shape index (κ2) is 6.29. The lowest BCUT2D eigenvalue weighted by Crippen LogP contribution is -2.25. The van der Waals surface area contributed by atoms with E-state index in [9.17, 15) is 0 Å². The first-order valence-corrected chi connectivity index (χ1v) is 6.88. The topological polar surface area (TPSA) is 60.2 Å². The van der Waals surface area contributed by atoms with Crippen LogP contribution in [0.15, 0.2) is 4.52 Å². The summed E-state index contributed by atoms with van der Waals surface area (Å²) in [5.74, 6) is 2.01. The first-order valence-electron chi connectivity index (χ1n) is 6.88. The van der Waals surface area contributed by atoms with Crippen molar-refractivity contribution in [3.8, 4) is 0 Å². The predicted molar refractivity (Wildman–Crippen MR) is 68.2 cm³/mol. The Bertz CT molecular complexity index is 361. The second-order valence-corrected chi connectivity index (χ2v) is 5.12. The minimum Gasteiger partial charge on any atom is -0.370 e. The molecule has 5 nitrogen and oxygen atoms in total. The summed E-state index contributed by atoms with van der Waals surface area (Å²) in [7, 11) is 0. The van der Waals surface area contributed by atoms with Crippen LogP contribution in [-0.4, -0.2) is 29.3 Å². The predicted octanol–water partition coefficient (Wildman–Crippen LogP) is 2.10. The number of aromatic nitrogens is 2. The highest BCUT2D eigenvalue weighted by Crippen LogP contribution is 2.42. The van der Waals surface area contributed by atoms with Crippen LogP contribution >= 0.6 is 0 Å². The van der Waals surface area contributed by atoms with Crippen LogP contribution in [0.2, 0.25) is 0 Å². The van der Waals surface area contributed by atoms with E-state index in [-0.39, 0.29) is 6.10 Å². The average Bonchev–Trinajstić information content (AvgIpc) is 3.06. The van der Waals surface area contributed by atoms with Crippen molar-refractivity contribution in [3.05, 3.63) is 11.7 Å². The van der Waals surface area contributed by atoms with Crippen LogP contribution in [0.3, 0.4) is 0 Å². The molecule has 0 radical (unpaired) electrons. The molecular formula is C13H23N3O2. The fourth-order valence-electron chi connectivity index (χ4n) is 1.95. The summed E-state index contributed by atoms with van der Waals surface area (Å²) in [6.45, 7) is 7.81. The minimum absolute atomic E-state index is 0.0329. The number of nitrogens with zero attached hydrogens (tertiary/aromatic N) is 2. The molecule has 1 fully saturated rings. The molecule has 5 heteroatoms. The van der Waals surface area contributed by atoms with Gasteiger partial charge in [-0.05, 0) is 25.7 Å². The molecule has 1 aliphatic rings. The molecule has 0 bridgehead atoms. The van der Waals surface area contributed by atoms with Crippen molar-refractivity contribution in [2.75, 3.05) is 13.2 Å². The van der Waals surface area contributed by atoms with Crippen molar-refractivity contribution in [3.63, 3.8) is 0 Å². The Hall–Kier alpha value is -0.940. The van der Waals surface area contributed by atoms with Gasteiger partial charge in [0.05, 0.1) is 0 Å². The van der Waals surface area contributed by atoms with E-state index in [0.29, 0.717) is 24.5 Å². The van der Waals surface area contributed by atoms with Gasteiger partial charge in [-0.1, -0.05) is 19.0 Å². The van der Waals surface area contributed by atoms with Gasteiger partial charge in [0, 0.05) is 25.6 Å². The largest absolute Gasteiger partial charge is 0.370 e. The van der Waals surface area contributed by atoms with Gasteiger partial charge in [0.2, 0.25) is 11.7 Å². The molecule has 0 aromatic carbocycles. The number of rotatable bonds is 8. The molecule has 0 saturated heterocycles. The van der Waals surface area contributed by atoms with E-state index >= 15 is 0 Å². The van der Waals surface area contributed by atoms with Crippen molar-refractivity contribution in [2.45, 2.75) is 52.2 Å². The molecule has 1 unspecified atom stereocenters. The normalized spacial score (nSPS) is 17.3. The third-order valence-corrected chi connectivity index (χ3v) is 3.03. The smallest absolute Gasteiger partial charge is 0.228 e. The van der Waals surface area contributed by atoms with Gasteiger partial charge in [0.15, 0.2) is 0 Å². The summed E-state index contributed by atoms with van der Waals surface area (Å²) in [5, 5.41) is 7.39. The van der Waals surface area contributed by atoms with Gasteiger partial charge in [0.25, 0.3) is 0 Å². The number of hydrogen-bond donors (Lipinski definition) is 1. The number of ether oxygens (including phenoxy) is 1. The van der Waals surface area contributed by atoms with Crippen LogP contribution in [0.25, 0.3) is 0 Å². The molecule has 0 spiro atoms. The molecule has 1 atom stereocenters. The third kappa shape index (κ3) is 3.78. The lowest BCUT2D eigenvalue weighted by molar-refractivity contribution is 0.0384. The van der Waals surface area contributed by atoms with E-state index in [1.807, 2.05) is 6.92 Å². The van der Waals surface area contributed by atoms with E-state index in [0.717, 1.165) is 18.8 Å². The van der Waals surface area contributed by atoms with E-state index in [1.54, 1.807) is 0 Å². The van der Waals surface area contributed by atoms with Crippen molar-refractivity contribution in [1.82, 2.24) is 15.5 Å². The Morgan fingerprint density at radius 2 is 2.22 bits per heavy atom. The van der Waals surface area contributed by atoms with Crippen LogP contribution in [-0.2, 0) is 11.2 Å². The first kappa shape index (κ1) is 13.5. The first-order chi connectivity index (χ1) is 8.70. The van der Waals surface area contributed by atoms with Crippen LogP contribution in [0.1, 0.15) is 51.4 Å². The number of hydrogen-bond acceptors (Lipinski definition) is 5. The zero-order valence-corrected chi connectivity index (χ0v) is 11.5. The van der Waals surface area contributed by atoms with Gasteiger partial charge in [-0.2, -0.15) is 4.98 Å². The minimum atomic E-state index is 0.0329. The summed E-state index contributed by atoms with van der Waals surface area (Å²) in [6.07, 6.45) is 3.23. The standard InChI is InChI=1S/C13H23N3O2/c1-4-17-12(10-5-6-10)13-15-11(18-16-13)7-8-14-9(2)3/h9-10,12,14H,4-8H2,1-3H3. The summed E-state index contributed by atoms with van der Waals surface area (Å²) in [4.78, 5) is 4.44. The highest BCUT2D eigenvalue weighted by molar-refractivity contribution is 4.98. The fraction of sp³-hybridized carbons (Fsp3) is 0.846. The molecule has 18 heavy (non-hydrogen) atoms. The quantitative estimate of drug-likeness (QED) is 0.768. The van der Waals surface area contributed by atoms with Crippen LogP contribution < -0.4 is 5.32 Å². The van der Waals surface area contributed by atoms with Gasteiger partial charge < -0.3 is 14.6 Å². The van der Waals surface area contributed by atoms with E-state index < -0.39 is 0 Å². The average molecular weight is 253 g/mol. The summed E-state index contributed by atoms with van der Waals surface area (Å²) in [6, 6.07) is 0.482. The Morgan fingerprint density at radius 3 is 2.83 bits per heavy atom. The van der Waals surface area contributed by atoms with Crippen LogP contribution in [0.4, 0.5) is 0 Å². The maximum Gasteiger partial charge on any atom is 0.228 e. The Kier molecular flexibility index (Phi) is 4.72. The molecule has 1 heterocycles. The van der Waals surface area contributed by atoms with Crippen molar-refractivity contribution in [2.24, 2.45) is 5.92 Å². The van der Waals surface area contributed by atoms with Crippen LogP contribution in [0, 0.1) is 5.92 Å². The zero-order valence-electron chi connectivity index (χ0n) is 11.5. The number of nitrogens with one attached hydrogen (secondary N) is 1. The zero-order chi connectivity index (χ0) is 13.0. The van der Waals surface area contributed by atoms with Crippen molar-refractivity contribution >= 4 is 0 Å². The summed E-state index contributed by atoms with van der Waals surface area (Å²) >= 11 is 0. The Morgan fingerprint density at radius 1 is 1.44 bits per heavy atom. The third-order valence-electron chi connectivity index (χ3n) is 3.03. The molecule has 1 N–H and O–H groups in total. The van der Waals surface area contributed by atoms with E-state index in [2.05, 4.69) is 29.3 Å². The molecule has 0 amide bonds. The lowest BCUT2D eigenvalue weighted by atomic mass is 10.2. The monoisotopic (exact) mass is 253 g/mol. The Balaban J connectivity index is 1.87. The Labute approximate surface area is 108 Å². The highest BCUT2D eigenvalue weighted by atomic mass is 16.5. The van der Waals surface area contributed by atoms with Gasteiger partial charge in [-0.15, -0.1) is 0 Å². The highest BCUT2D eigenvalue weighted by Gasteiger charge is 2.36. The molecule has 1 aromatic rings. The molecule has 1 aliphatic carbocycles. The molecule has 1 aromatic heterocycles. The summed E-state index contributed by atoms with van der Waals surface area (Å²) in [5.41, 5.74) is 0. The fourth-order valence-corrected chi connectivity index (χ4v) is 1.95. The SMILES string of the molecule is CCOC(c1noc(CCNC(C)C)n1)C1CC1. The van der Waals surface area contributed by atoms with Gasteiger partial charge in [-0.25, -0.2) is 0 Å². The molecular weight excluding hydrogens is 230 g/mol. The van der Waals surface area contributed by atoms with Gasteiger partial charge in [-0.3, -0.25) is 0 Å². The van der Waals surface area contributed by atoms with Crippen molar-refractivity contribution < 1.29 is 9.26 Å². The molecule has 1 saturated carbocycles. The maximum atomic E-state index is 5.71. The summed E-state index contributed by atoms with van der Waals surface area (Å²) < 4.78 is 11.0. The lowest BCUT2D eigenvalue weighted by Gasteiger charge is -2.11. The molecule has 0 aliphatic heterocycles.